The number of aryl methyl sites for hydroxylation is 1. The van der Waals surface area contributed by atoms with Gasteiger partial charge in [0.25, 0.3) is 0 Å². The van der Waals surface area contributed by atoms with E-state index in [9.17, 15) is 19.5 Å². The van der Waals surface area contributed by atoms with Gasteiger partial charge in [0, 0.05) is 58.8 Å². The van der Waals surface area contributed by atoms with Crippen LogP contribution in [0.4, 0.5) is 4.79 Å². The highest BCUT2D eigenvalue weighted by molar-refractivity contribution is 6.39. The Morgan fingerprint density at radius 3 is 2.16 bits per heavy atom. The van der Waals surface area contributed by atoms with Gasteiger partial charge in [-0.05, 0) is 43.5 Å². The summed E-state index contributed by atoms with van der Waals surface area (Å²) in [4.78, 5) is 46.6. The molecule has 1 aliphatic heterocycles. The smallest absolute Gasteiger partial charge is 0.407 e. The Kier molecular flexibility index (Phi) is 8.74. The van der Waals surface area contributed by atoms with Crippen LogP contribution in [0.5, 0.6) is 5.88 Å². The number of ketones is 1. The van der Waals surface area contributed by atoms with Crippen molar-refractivity contribution in [1.82, 2.24) is 20.2 Å². The number of halogens is 2. The summed E-state index contributed by atoms with van der Waals surface area (Å²) >= 11 is 14.0. The fourth-order valence-corrected chi connectivity index (χ4v) is 6.58. The maximum absolute atomic E-state index is 12.3. The van der Waals surface area contributed by atoms with Gasteiger partial charge in [-0.25, -0.2) is 9.78 Å². The van der Waals surface area contributed by atoms with Crippen molar-refractivity contribution in [3.8, 4) is 39.5 Å². The van der Waals surface area contributed by atoms with Crippen LogP contribution in [-0.2, 0) is 17.8 Å². The van der Waals surface area contributed by atoms with E-state index in [1.807, 2.05) is 48.5 Å². The number of fused-ring (bicyclic) bond motifs is 1. The van der Waals surface area contributed by atoms with Crippen LogP contribution < -0.4 is 10.1 Å². The number of nitrogens with zero attached hydrogens (tertiary/aromatic N) is 3. The first kappa shape index (κ1) is 30.6. The average Bonchev–Trinajstić information content (AvgIpc) is 3.45. The molecule has 1 aliphatic carbocycles. The summed E-state index contributed by atoms with van der Waals surface area (Å²) in [6.45, 7) is 0.206. The minimum absolute atomic E-state index is 0.0409. The third-order valence-corrected chi connectivity index (χ3v) is 9.04. The molecule has 0 radical (unpaired) electrons. The molecule has 1 atom stereocenters. The summed E-state index contributed by atoms with van der Waals surface area (Å²) < 4.78 is 5.57. The molecule has 6 rings (SSSR count). The molecule has 2 aliphatic rings. The lowest BCUT2D eigenvalue weighted by Crippen LogP contribution is -2.41. The quantitative estimate of drug-likeness (QED) is 0.210. The zero-order valence-electron chi connectivity index (χ0n) is 24.5. The van der Waals surface area contributed by atoms with E-state index < -0.39 is 6.09 Å². The van der Waals surface area contributed by atoms with Gasteiger partial charge in [-0.3, -0.25) is 14.6 Å². The van der Waals surface area contributed by atoms with Gasteiger partial charge in [-0.2, -0.15) is 0 Å². The molecule has 0 bridgehead atoms. The lowest BCUT2D eigenvalue weighted by atomic mass is 9.93. The van der Waals surface area contributed by atoms with Crippen molar-refractivity contribution < 1.29 is 24.2 Å². The summed E-state index contributed by atoms with van der Waals surface area (Å²) in [5, 5.41) is 13.5. The second-order valence-corrected chi connectivity index (χ2v) is 11.9. The lowest BCUT2D eigenvalue weighted by molar-refractivity contribution is -0.119. The number of aromatic nitrogens is 2. The Labute approximate surface area is 270 Å². The SMILES string of the molecule is COc1nc(-c2cccc(-c3cccc(-c4ccc5c(n4)CCCC5=O)c3Cl)c2Cl)ccc1CN(CC1CCC(=O)N1)C(=O)O. The molecule has 2 aromatic heterocycles. The molecule has 1 saturated heterocycles. The Morgan fingerprint density at radius 2 is 1.53 bits per heavy atom. The van der Waals surface area contributed by atoms with Crippen LogP contribution in [0.15, 0.2) is 60.7 Å². The van der Waals surface area contributed by atoms with Crippen LogP contribution in [0.25, 0.3) is 33.6 Å². The number of carbonyl (C=O) groups is 3. The molecule has 1 unspecified atom stereocenters. The van der Waals surface area contributed by atoms with Gasteiger partial charge in [0.05, 0.1) is 40.8 Å². The molecule has 0 spiro atoms. The molecule has 2 aromatic carbocycles. The third-order valence-electron chi connectivity index (χ3n) is 8.22. The number of rotatable bonds is 8. The number of hydrogen-bond acceptors (Lipinski definition) is 6. The largest absolute Gasteiger partial charge is 0.481 e. The minimum Gasteiger partial charge on any atom is -0.481 e. The molecule has 2 amide bonds. The Morgan fingerprint density at radius 1 is 0.889 bits per heavy atom. The summed E-state index contributed by atoms with van der Waals surface area (Å²) in [5.74, 6) is 0.317. The number of benzene rings is 2. The fraction of sp³-hybridized carbons (Fsp3) is 0.265. The van der Waals surface area contributed by atoms with Gasteiger partial charge in [-0.1, -0.05) is 59.6 Å². The van der Waals surface area contributed by atoms with Gasteiger partial charge in [0.1, 0.15) is 0 Å². The van der Waals surface area contributed by atoms with E-state index in [0.29, 0.717) is 62.9 Å². The Hall–Kier alpha value is -4.47. The second-order valence-electron chi connectivity index (χ2n) is 11.1. The second kappa shape index (κ2) is 12.9. The lowest BCUT2D eigenvalue weighted by Gasteiger charge is -2.23. The van der Waals surface area contributed by atoms with E-state index in [1.54, 1.807) is 12.1 Å². The van der Waals surface area contributed by atoms with E-state index >= 15 is 0 Å². The first-order valence-corrected chi connectivity index (χ1v) is 15.4. The predicted molar refractivity (Wildman–Crippen MR) is 172 cm³/mol. The highest BCUT2D eigenvalue weighted by Gasteiger charge is 2.27. The number of methoxy groups -OCH3 is 1. The molecule has 9 nitrogen and oxygen atoms in total. The number of carboxylic acid groups (broad SMARTS) is 1. The average molecular weight is 646 g/mol. The topological polar surface area (TPSA) is 122 Å². The summed E-state index contributed by atoms with van der Waals surface area (Å²) in [6.07, 6.45) is 1.96. The van der Waals surface area contributed by atoms with E-state index in [1.165, 1.54) is 12.0 Å². The molecular formula is C34H30Cl2N4O5. The number of pyridine rings is 2. The van der Waals surface area contributed by atoms with Crippen LogP contribution in [0, 0.1) is 0 Å². The van der Waals surface area contributed by atoms with Crippen LogP contribution in [-0.4, -0.2) is 57.5 Å². The molecule has 1 fully saturated rings. The van der Waals surface area contributed by atoms with E-state index in [0.717, 1.165) is 29.7 Å². The molecule has 230 valence electrons. The van der Waals surface area contributed by atoms with Crippen molar-refractivity contribution in [1.29, 1.82) is 0 Å². The predicted octanol–water partition coefficient (Wildman–Crippen LogP) is 7.07. The molecule has 3 heterocycles. The molecule has 4 aromatic rings. The number of nitrogens with one attached hydrogen (secondary N) is 1. The third kappa shape index (κ3) is 6.23. The Bertz CT molecular complexity index is 1830. The van der Waals surface area contributed by atoms with Crippen molar-refractivity contribution >= 4 is 41.0 Å². The highest BCUT2D eigenvalue weighted by atomic mass is 35.5. The molecule has 11 heteroatoms. The van der Waals surface area contributed by atoms with Crippen LogP contribution in [0.2, 0.25) is 10.0 Å². The maximum Gasteiger partial charge on any atom is 0.407 e. The highest BCUT2D eigenvalue weighted by Crippen LogP contribution is 2.42. The first-order valence-electron chi connectivity index (χ1n) is 14.7. The summed E-state index contributed by atoms with van der Waals surface area (Å²) in [5.41, 5.74) is 6.10. The molecule has 45 heavy (non-hydrogen) atoms. The number of carbonyl (C=O) groups excluding carboxylic acids is 2. The van der Waals surface area contributed by atoms with E-state index in [2.05, 4.69) is 10.3 Å². The van der Waals surface area contributed by atoms with Crippen LogP contribution in [0.3, 0.4) is 0 Å². The summed E-state index contributed by atoms with van der Waals surface area (Å²) in [7, 11) is 1.48. The van der Waals surface area contributed by atoms with Gasteiger partial charge in [-0.15, -0.1) is 0 Å². The standard InChI is InChI=1S/C34H30Cl2N4O5/c1-45-33-19(17-40(34(43)44)18-20-12-16-30(42)37-20)11-14-28(39-33)25-8-3-6-22(32(25)36)21-5-2-7-24(31(21)35)27-15-13-23-26(38-27)9-4-10-29(23)41/h2-3,5-8,11,13-15,20H,4,9-10,12,16-18H2,1H3,(H,37,42)(H,43,44). The number of ether oxygens (including phenoxy) is 1. The van der Waals surface area contributed by atoms with Gasteiger partial charge >= 0.3 is 6.09 Å². The zero-order valence-corrected chi connectivity index (χ0v) is 26.0. The number of Topliss-reactive ketones (excluding diaryl/α,β-unsaturated/α-hetero) is 1. The molecular weight excluding hydrogens is 615 g/mol. The van der Waals surface area contributed by atoms with Gasteiger partial charge < -0.3 is 20.1 Å². The van der Waals surface area contributed by atoms with Crippen molar-refractivity contribution in [2.75, 3.05) is 13.7 Å². The normalized spacial score (nSPS) is 15.8. The molecule has 2 N–H and O–H groups in total. The minimum atomic E-state index is -1.10. The zero-order chi connectivity index (χ0) is 31.7. The number of hydrogen-bond donors (Lipinski definition) is 2. The summed E-state index contributed by atoms with van der Waals surface area (Å²) in [6, 6.07) is 18.3. The monoisotopic (exact) mass is 644 g/mol. The van der Waals surface area contributed by atoms with E-state index in [-0.39, 0.29) is 36.7 Å². The van der Waals surface area contributed by atoms with E-state index in [4.69, 9.17) is 32.9 Å². The fourth-order valence-electron chi connectivity index (χ4n) is 5.94. The van der Waals surface area contributed by atoms with Crippen LogP contribution in [0.1, 0.15) is 47.3 Å². The molecule has 0 saturated carbocycles. The van der Waals surface area contributed by atoms with Crippen molar-refractivity contribution in [3.63, 3.8) is 0 Å². The van der Waals surface area contributed by atoms with Gasteiger partial charge in [0.15, 0.2) is 5.78 Å². The van der Waals surface area contributed by atoms with Gasteiger partial charge in [0.2, 0.25) is 11.8 Å². The van der Waals surface area contributed by atoms with Crippen molar-refractivity contribution in [2.24, 2.45) is 0 Å². The van der Waals surface area contributed by atoms with Crippen molar-refractivity contribution in [2.45, 2.75) is 44.7 Å². The first-order chi connectivity index (χ1) is 21.7. The Balaban J connectivity index is 1.30. The van der Waals surface area contributed by atoms with Crippen LogP contribution >= 0.6 is 23.2 Å². The van der Waals surface area contributed by atoms with Crippen molar-refractivity contribution in [3.05, 3.63) is 87.5 Å². The maximum atomic E-state index is 12.3. The number of amides is 2.